The van der Waals surface area contributed by atoms with Crippen LogP contribution >= 0.6 is 11.3 Å². The van der Waals surface area contributed by atoms with Gasteiger partial charge in [-0.05, 0) is 48.1 Å². The lowest BCUT2D eigenvalue weighted by Gasteiger charge is -2.37. The molecule has 2 heterocycles. The van der Waals surface area contributed by atoms with Gasteiger partial charge < -0.3 is 19.5 Å². The highest BCUT2D eigenvalue weighted by atomic mass is 32.1. The molecular formula is C26H34N2O4S. The SMILES string of the molecule is C=CCOC[C@@H](O)CN(CC=C)CC(=O)N1CCc2sccc2[C@@H]1COc1cccc(C)c1. The van der Waals surface area contributed by atoms with Crippen LogP contribution in [0.5, 0.6) is 5.75 Å². The molecule has 33 heavy (non-hydrogen) atoms. The molecule has 1 aromatic carbocycles. The summed E-state index contributed by atoms with van der Waals surface area (Å²) in [4.78, 5) is 18.5. The maximum atomic E-state index is 13.4. The van der Waals surface area contributed by atoms with Crippen molar-refractivity contribution in [2.45, 2.75) is 25.5 Å². The van der Waals surface area contributed by atoms with Crippen LogP contribution in [-0.2, 0) is 16.0 Å². The molecule has 1 amide bonds. The quantitative estimate of drug-likeness (QED) is 0.358. The van der Waals surface area contributed by atoms with Crippen molar-refractivity contribution in [2.24, 2.45) is 0 Å². The highest BCUT2D eigenvalue weighted by molar-refractivity contribution is 7.10. The third-order valence-corrected chi connectivity index (χ3v) is 6.57. The second kappa shape index (κ2) is 12.7. The Kier molecular flexibility index (Phi) is 9.69. The van der Waals surface area contributed by atoms with Crippen molar-refractivity contribution in [3.63, 3.8) is 0 Å². The lowest BCUT2D eigenvalue weighted by Crippen LogP contribution is -2.48. The predicted octanol–water partition coefficient (Wildman–Crippen LogP) is 3.61. The average molecular weight is 471 g/mol. The minimum Gasteiger partial charge on any atom is -0.491 e. The van der Waals surface area contributed by atoms with Gasteiger partial charge >= 0.3 is 0 Å². The third-order valence-electron chi connectivity index (χ3n) is 5.57. The molecule has 2 atom stereocenters. The Labute approximate surface area is 200 Å². The standard InChI is InChI=1S/C26H34N2O4S/c1-4-11-27(16-21(29)18-31-13-5-2)17-26(30)28-12-9-25-23(10-14-33-25)24(28)19-32-22-8-6-7-20(3)15-22/h4-8,10,14-15,21,24,29H,1-2,9,11-13,16-19H2,3H3/t21-,24-/m0/s1. The average Bonchev–Trinajstić information content (AvgIpc) is 3.27. The Bertz CT molecular complexity index is 929. The second-order valence-corrected chi connectivity index (χ2v) is 9.24. The highest BCUT2D eigenvalue weighted by Crippen LogP contribution is 2.34. The lowest BCUT2D eigenvalue weighted by molar-refractivity contribution is -0.136. The van der Waals surface area contributed by atoms with Crippen molar-refractivity contribution >= 4 is 17.2 Å². The monoisotopic (exact) mass is 470 g/mol. The summed E-state index contributed by atoms with van der Waals surface area (Å²) in [5.74, 6) is 0.825. The van der Waals surface area contributed by atoms with Crippen LogP contribution in [0.4, 0.5) is 0 Å². The van der Waals surface area contributed by atoms with Crippen molar-refractivity contribution in [1.82, 2.24) is 9.80 Å². The molecule has 2 aromatic rings. The van der Waals surface area contributed by atoms with Crippen molar-refractivity contribution < 1.29 is 19.4 Å². The Morgan fingerprint density at radius 2 is 2.21 bits per heavy atom. The van der Waals surface area contributed by atoms with Crippen molar-refractivity contribution in [2.75, 3.05) is 46.0 Å². The fourth-order valence-corrected chi connectivity index (χ4v) is 4.99. The van der Waals surface area contributed by atoms with Crippen LogP contribution in [0.2, 0.25) is 0 Å². The number of carbonyl (C=O) groups is 1. The van der Waals surface area contributed by atoms with E-state index in [2.05, 4.69) is 24.6 Å². The maximum Gasteiger partial charge on any atom is 0.237 e. The number of thiophene rings is 1. The summed E-state index contributed by atoms with van der Waals surface area (Å²) in [6.07, 6.45) is 3.55. The molecule has 0 bridgehead atoms. The molecule has 0 radical (unpaired) electrons. The van der Waals surface area contributed by atoms with E-state index >= 15 is 0 Å². The van der Waals surface area contributed by atoms with E-state index in [4.69, 9.17) is 9.47 Å². The number of carbonyl (C=O) groups excluding carboxylic acids is 1. The highest BCUT2D eigenvalue weighted by Gasteiger charge is 2.33. The number of fused-ring (bicyclic) bond motifs is 1. The van der Waals surface area contributed by atoms with E-state index in [9.17, 15) is 9.90 Å². The molecule has 1 aliphatic rings. The molecule has 6 nitrogen and oxygen atoms in total. The van der Waals surface area contributed by atoms with Crippen LogP contribution in [-0.4, -0.2) is 72.9 Å². The van der Waals surface area contributed by atoms with Crippen LogP contribution < -0.4 is 4.74 Å². The van der Waals surface area contributed by atoms with Gasteiger partial charge in [0.1, 0.15) is 12.4 Å². The van der Waals surface area contributed by atoms with Gasteiger partial charge in [-0.3, -0.25) is 9.69 Å². The van der Waals surface area contributed by atoms with E-state index in [1.165, 1.54) is 10.4 Å². The van der Waals surface area contributed by atoms with Gasteiger partial charge in [0.25, 0.3) is 0 Å². The molecular weight excluding hydrogens is 436 g/mol. The lowest BCUT2D eigenvalue weighted by atomic mass is 10.0. The van der Waals surface area contributed by atoms with Crippen LogP contribution in [0.1, 0.15) is 22.0 Å². The van der Waals surface area contributed by atoms with E-state index in [1.54, 1.807) is 23.5 Å². The van der Waals surface area contributed by atoms with Crippen LogP contribution in [0.3, 0.4) is 0 Å². The Morgan fingerprint density at radius 1 is 1.36 bits per heavy atom. The number of aliphatic hydroxyl groups is 1. The van der Waals surface area contributed by atoms with Gasteiger partial charge in [-0.2, -0.15) is 0 Å². The summed E-state index contributed by atoms with van der Waals surface area (Å²) in [6, 6.07) is 9.92. The molecule has 0 saturated carbocycles. The smallest absolute Gasteiger partial charge is 0.237 e. The number of rotatable bonds is 13. The molecule has 0 unspecified atom stereocenters. The summed E-state index contributed by atoms with van der Waals surface area (Å²) in [5.41, 5.74) is 2.30. The van der Waals surface area contributed by atoms with Crippen molar-refractivity contribution in [3.05, 3.63) is 77.0 Å². The zero-order chi connectivity index (χ0) is 23.6. The Hall–Kier alpha value is -2.45. The molecule has 0 saturated heterocycles. The third kappa shape index (κ3) is 7.27. The number of hydrogen-bond donors (Lipinski definition) is 1. The molecule has 0 fully saturated rings. The van der Waals surface area contributed by atoms with E-state index in [1.807, 2.05) is 41.0 Å². The van der Waals surface area contributed by atoms with Gasteiger partial charge in [0.2, 0.25) is 5.91 Å². The molecule has 1 aromatic heterocycles. The number of nitrogens with zero attached hydrogens (tertiary/aromatic N) is 2. The number of ether oxygens (including phenoxy) is 2. The summed E-state index contributed by atoms with van der Waals surface area (Å²) in [6.45, 7) is 12.1. The molecule has 7 heteroatoms. The summed E-state index contributed by atoms with van der Waals surface area (Å²) < 4.78 is 11.5. The first kappa shape index (κ1) is 25.2. The molecule has 3 rings (SSSR count). The van der Waals surface area contributed by atoms with E-state index < -0.39 is 6.10 Å². The molecule has 1 N–H and O–H groups in total. The van der Waals surface area contributed by atoms with E-state index in [-0.39, 0.29) is 25.1 Å². The van der Waals surface area contributed by atoms with Crippen LogP contribution in [0, 0.1) is 6.92 Å². The zero-order valence-corrected chi connectivity index (χ0v) is 20.1. The topological polar surface area (TPSA) is 62.2 Å². The van der Waals surface area contributed by atoms with Gasteiger partial charge in [-0.15, -0.1) is 24.5 Å². The molecule has 178 valence electrons. The van der Waals surface area contributed by atoms with Gasteiger partial charge in [-0.25, -0.2) is 0 Å². The van der Waals surface area contributed by atoms with E-state index in [0.717, 1.165) is 17.7 Å². The van der Waals surface area contributed by atoms with Gasteiger partial charge in [0, 0.05) is 24.5 Å². The van der Waals surface area contributed by atoms with Crippen LogP contribution in [0.25, 0.3) is 0 Å². The summed E-state index contributed by atoms with van der Waals surface area (Å²) in [5, 5.41) is 12.4. The second-order valence-electron chi connectivity index (χ2n) is 8.24. The Balaban J connectivity index is 1.67. The number of amides is 1. The normalized spacial score (nSPS) is 16.3. The number of aryl methyl sites for hydroxylation is 1. The first-order chi connectivity index (χ1) is 16.0. The minimum absolute atomic E-state index is 0.0192. The van der Waals surface area contributed by atoms with Gasteiger partial charge in [0.05, 0.1) is 31.9 Å². The number of benzene rings is 1. The number of hydrogen-bond acceptors (Lipinski definition) is 6. The van der Waals surface area contributed by atoms with Crippen molar-refractivity contribution in [3.8, 4) is 5.75 Å². The minimum atomic E-state index is -0.692. The van der Waals surface area contributed by atoms with Gasteiger partial charge in [0.15, 0.2) is 0 Å². The van der Waals surface area contributed by atoms with Crippen molar-refractivity contribution in [1.29, 1.82) is 0 Å². The predicted molar refractivity (Wildman–Crippen MR) is 133 cm³/mol. The zero-order valence-electron chi connectivity index (χ0n) is 19.3. The Morgan fingerprint density at radius 3 is 2.97 bits per heavy atom. The van der Waals surface area contributed by atoms with E-state index in [0.29, 0.717) is 32.8 Å². The molecule has 0 spiro atoms. The molecule has 0 aliphatic carbocycles. The summed E-state index contributed by atoms with van der Waals surface area (Å²) >= 11 is 1.74. The maximum absolute atomic E-state index is 13.4. The number of aliphatic hydroxyl groups excluding tert-OH is 1. The largest absolute Gasteiger partial charge is 0.491 e. The van der Waals surface area contributed by atoms with Gasteiger partial charge in [-0.1, -0.05) is 24.3 Å². The van der Waals surface area contributed by atoms with Crippen LogP contribution in [0.15, 0.2) is 61.0 Å². The first-order valence-corrected chi connectivity index (χ1v) is 12.1. The first-order valence-electron chi connectivity index (χ1n) is 11.3. The fraction of sp³-hybridized carbons (Fsp3) is 0.423. The molecule has 1 aliphatic heterocycles. The summed E-state index contributed by atoms with van der Waals surface area (Å²) in [7, 11) is 0. The fourth-order valence-electron chi connectivity index (χ4n) is 4.06.